The molecule has 1 saturated heterocycles. The molecule has 2 atom stereocenters. The minimum Gasteiger partial charge on any atom is -0.360 e. The second-order valence-corrected chi connectivity index (χ2v) is 8.95. The number of allylic oxidation sites excluding steroid dienone is 1. The Morgan fingerprint density at radius 1 is 1.17 bits per heavy atom. The summed E-state index contributed by atoms with van der Waals surface area (Å²) in [6, 6.07) is 6.73. The molecule has 4 aliphatic rings. The lowest BCUT2D eigenvalue weighted by Gasteiger charge is -2.56. The zero-order chi connectivity index (χ0) is 16.9. The molecule has 24 heavy (non-hydrogen) atoms. The number of hydrogen-bond acceptors (Lipinski definition) is 1. The molecule has 5 rings (SSSR count). The Morgan fingerprint density at radius 2 is 1.92 bits per heavy atom. The highest BCUT2D eigenvalue weighted by atomic mass is 15.3. The third-order valence-electron chi connectivity index (χ3n) is 7.42. The Balaban J connectivity index is 1.37. The topological polar surface area (TPSA) is 7.68 Å². The number of benzene rings is 1. The monoisotopic (exact) mass is 325 g/mol. The van der Waals surface area contributed by atoms with Gasteiger partial charge in [0, 0.05) is 5.69 Å². The average molecular weight is 326 g/mol. The van der Waals surface area contributed by atoms with Crippen LogP contribution in [0, 0.1) is 31.1 Å². The van der Waals surface area contributed by atoms with Crippen LogP contribution < -0.4 is 9.80 Å². The fourth-order valence-electron chi connectivity index (χ4n) is 5.28. The molecule has 1 aromatic carbocycles. The van der Waals surface area contributed by atoms with E-state index < -0.39 is 0 Å². The van der Waals surface area contributed by atoms with E-state index in [9.17, 15) is 0 Å². The molecule has 1 saturated carbocycles. The van der Waals surface area contributed by atoms with Gasteiger partial charge in [-0.3, -0.25) is 0 Å². The van der Waals surface area contributed by atoms with Crippen molar-refractivity contribution in [2.24, 2.45) is 17.3 Å². The van der Waals surface area contributed by atoms with Crippen LogP contribution in [0.25, 0.3) is 0 Å². The molecule has 0 aromatic heterocycles. The highest BCUT2D eigenvalue weighted by Crippen LogP contribution is 2.58. The normalized spacial score (nSPS) is 29.2. The third kappa shape index (κ3) is 2.60. The van der Waals surface area contributed by atoms with Crippen LogP contribution in [0.15, 0.2) is 29.8 Å². The summed E-state index contributed by atoms with van der Waals surface area (Å²) >= 11 is 0. The molecule has 1 N–H and O–H groups in total. The molecule has 2 nitrogen and oxygen atoms in total. The van der Waals surface area contributed by atoms with Gasteiger partial charge in [0.05, 0.1) is 32.7 Å². The molecular weight excluding hydrogens is 292 g/mol. The third-order valence-corrected chi connectivity index (χ3v) is 7.42. The predicted octanol–water partition coefficient (Wildman–Crippen LogP) is 3.00. The van der Waals surface area contributed by atoms with Gasteiger partial charge in [-0.05, 0) is 66.7 Å². The van der Waals surface area contributed by atoms with E-state index in [1.54, 1.807) is 10.5 Å². The van der Waals surface area contributed by atoms with Crippen LogP contribution in [0.1, 0.15) is 37.8 Å². The first-order valence-corrected chi connectivity index (χ1v) is 9.80. The summed E-state index contributed by atoms with van der Waals surface area (Å²) < 4.78 is 0. The van der Waals surface area contributed by atoms with Gasteiger partial charge >= 0.3 is 0 Å². The van der Waals surface area contributed by atoms with Crippen molar-refractivity contribution in [2.75, 3.05) is 37.6 Å². The lowest BCUT2D eigenvalue weighted by molar-refractivity contribution is -0.896. The zero-order valence-electron chi connectivity index (χ0n) is 15.9. The van der Waals surface area contributed by atoms with E-state index in [0.717, 1.165) is 11.8 Å². The maximum absolute atomic E-state index is 2.60. The number of anilines is 1. The number of quaternary nitrogens is 1. The van der Waals surface area contributed by atoms with Gasteiger partial charge in [-0.25, -0.2) is 0 Å². The van der Waals surface area contributed by atoms with Crippen LogP contribution in [-0.4, -0.2) is 32.7 Å². The van der Waals surface area contributed by atoms with Gasteiger partial charge in [-0.1, -0.05) is 32.1 Å². The van der Waals surface area contributed by atoms with Crippen LogP contribution in [0.3, 0.4) is 0 Å². The Bertz CT molecular complexity index is 650. The molecule has 2 bridgehead atoms. The van der Waals surface area contributed by atoms with Crippen LogP contribution in [-0.2, 0) is 0 Å². The van der Waals surface area contributed by atoms with Crippen molar-refractivity contribution in [2.45, 2.75) is 40.5 Å². The van der Waals surface area contributed by atoms with Gasteiger partial charge in [0.25, 0.3) is 0 Å². The fourth-order valence-corrected chi connectivity index (χ4v) is 5.28. The molecule has 0 spiro atoms. The number of rotatable bonds is 3. The number of piperazine rings is 1. The molecule has 1 aliphatic heterocycles. The number of fused-ring (bicyclic) bond motifs is 1. The average Bonchev–Trinajstić information content (AvgIpc) is 2.58. The van der Waals surface area contributed by atoms with Crippen molar-refractivity contribution in [3.05, 3.63) is 41.0 Å². The maximum atomic E-state index is 2.60. The minimum atomic E-state index is 0.573. The number of nitrogens with one attached hydrogen (secondary N) is 1. The summed E-state index contributed by atoms with van der Waals surface area (Å²) in [5.41, 5.74) is 6.67. The smallest absolute Gasteiger partial charge is 0.0991 e. The molecule has 130 valence electrons. The van der Waals surface area contributed by atoms with E-state index >= 15 is 0 Å². The van der Waals surface area contributed by atoms with E-state index in [-0.39, 0.29) is 0 Å². The number of nitrogens with zero attached hydrogens (tertiary/aromatic N) is 1. The molecule has 2 heteroatoms. The number of hydrogen-bond donors (Lipinski definition) is 1. The molecule has 0 unspecified atom stereocenters. The zero-order valence-corrected chi connectivity index (χ0v) is 15.9. The summed E-state index contributed by atoms with van der Waals surface area (Å²) in [6.45, 7) is 15.7. The number of aryl methyl sites for hydroxylation is 1. The molecule has 2 fully saturated rings. The highest BCUT2D eigenvalue weighted by molar-refractivity contribution is 5.56. The highest BCUT2D eigenvalue weighted by Gasteiger charge is 2.51. The lowest BCUT2D eigenvalue weighted by atomic mass is 9.49. The van der Waals surface area contributed by atoms with E-state index in [2.05, 4.69) is 56.9 Å². The molecule has 0 amide bonds. The van der Waals surface area contributed by atoms with Crippen molar-refractivity contribution < 1.29 is 4.90 Å². The van der Waals surface area contributed by atoms with Gasteiger partial charge in [0.15, 0.2) is 0 Å². The van der Waals surface area contributed by atoms with Crippen molar-refractivity contribution in [3.63, 3.8) is 0 Å². The lowest BCUT2D eigenvalue weighted by Crippen LogP contribution is -3.15. The minimum absolute atomic E-state index is 0.573. The first-order valence-electron chi connectivity index (χ1n) is 9.80. The molecule has 1 heterocycles. The standard InChI is InChI=1S/C22H32N2/c1-16-6-5-7-21(17(16)2)24-12-10-23(11-13-24)15-18-8-9-19-14-20(18)22(19,3)4/h5-8,19-20H,9-15H2,1-4H3/p+1/t19-,20-/m0/s1. The van der Waals surface area contributed by atoms with Gasteiger partial charge in [0.2, 0.25) is 0 Å². The summed E-state index contributed by atoms with van der Waals surface area (Å²) in [7, 11) is 0. The fraction of sp³-hybridized carbons (Fsp3) is 0.636. The summed E-state index contributed by atoms with van der Waals surface area (Å²) in [4.78, 5) is 4.40. The van der Waals surface area contributed by atoms with E-state index in [1.807, 2.05) is 0 Å². The first-order chi connectivity index (χ1) is 11.5. The first kappa shape index (κ1) is 16.2. The van der Waals surface area contributed by atoms with Crippen LogP contribution in [0.2, 0.25) is 0 Å². The van der Waals surface area contributed by atoms with Crippen molar-refractivity contribution in [3.8, 4) is 0 Å². The SMILES string of the molecule is Cc1cccc(N2CC[NH+](CC3=CC[C@H]4C[C@@H]3C4(C)C)CC2)c1C. The Morgan fingerprint density at radius 3 is 2.58 bits per heavy atom. The summed E-state index contributed by atoms with van der Waals surface area (Å²) in [6.07, 6.45) is 5.38. The van der Waals surface area contributed by atoms with E-state index in [0.29, 0.717) is 5.41 Å². The Hall–Kier alpha value is -1.28. The maximum Gasteiger partial charge on any atom is 0.0991 e. The van der Waals surface area contributed by atoms with E-state index in [4.69, 9.17) is 0 Å². The van der Waals surface area contributed by atoms with Crippen LogP contribution in [0.5, 0.6) is 0 Å². The Kier molecular flexibility index (Phi) is 3.99. The van der Waals surface area contributed by atoms with E-state index in [1.165, 1.54) is 62.4 Å². The Labute approximate surface area is 147 Å². The van der Waals surface area contributed by atoms with Crippen molar-refractivity contribution in [1.29, 1.82) is 0 Å². The quantitative estimate of drug-likeness (QED) is 0.840. The van der Waals surface area contributed by atoms with Crippen molar-refractivity contribution >= 4 is 5.69 Å². The summed E-state index contributed by atoms with van der Waals surface area (Å²) in [5.74, 6) is 1.84. The van der Waals surface area contributed by atoms with Gasteiger partial charge in [-0.2, -0.15) is 0 Å². The largest absolute Gasteiger partial charge is 0.360 e. The van der Waals surface area contributed by atoms with Crippen molar-refractivity contribution in [1.82, 2.24) is 0 Å². The molecule has 1 aromatic rings. The van der Waals surface area contributed by atoms with Gasteiger partial charge in [-0.15, -0.1) is 0 Å². The van der Waals surface area contributed by atoms with Gasteiger partial charge < -0.3 is 9.80 Å². The summed E-state index contributed by atoms with van der Waals surface area (Å²) in [5, 5.41) is 0. The second-order valence-electron chi connectivity index (χ2n) is 8.95. The van der Waals surface area contributed by atoms with Crippen LogP contribution in [0.4, 0.5) is 5.69 Å². The molecule has 3 aliphatic carbocycles. The molecular formula is C22H33N2+. The molecule has 0 radical (unpaired) electrons. The predicted molar refractivity (Wildman–Crippen MR) is 102 cm³/mol. The van der Waals surface area contributed by atoms with Gasteiger partial charge in [0.1, 0.15) is 0 Å². The second kappa shape index (κ2) is 5.91. The van der Waals surface area contributed by atoms with Crippen LogP contribution >= 0.6 is 0 Å².